The van der Waals surface area contributed by atoms with Gasteiger partial charge in [0.1, 0.15) is 5.75 Å². The number of aliphatic carboxylic acids is 1. The minimum Gasteiger partial charge on any atom is -0.497 e. The molecule has 1 aliphatic heterocycles. The van der Waals surface area contributed by atoms with Crippen LogP contribution in [0, 0.1) is 5.92 Å². The van der Waals surface area contributed by atoms with Crippen molar-refractivity contribution in [3.8, 4) is 5.75 Å². The number of nitrogens with one attached hydrogen (secondary N) is 1. The molecule has 1 heterocycles. The van der Waals surface area contributed by atoms with Crippen molar-refractivity contribution < 1.29 is 19.4 Å². The lowest BCUT2D eigenvalue weighted by Gasteiger charge is -2.18. The summed E-state index contributed by atoms with van der Waals surface area (Å²) in [6.07, 6.45) is 0.825. The standard InChI is InChI=1S/C14H17BrN2O4/c1-21-10-2-3-11(15)12(7-10)16-14(20)17-5-4-9(8-17)6-13(18)19/h2-3,7,9H,4-6,8H2,1H3,(H,16,20)(H,18,19). The Labute approximate surface area is 131 Å². The third-order valence-corrected chi connectivity index (χ3v) is 4.14. The van der Waals surface area contributed by atoms with Crippen LogP contribution in [0.2, 0.25) is 0 Å². The summed E-state index contributed by atoms with van der Waals surface area (Å²) in [5.41, 5.74) is 0.626. The number of anilines is 1. The van der Waals surface area contributed by atoms with Gasteiger partial charge in [0.05, 0.1) is 12.8 Å². The zero-order valence-corrected chi connectivity index (χ0v) is 13.2. The summed E-state index contributed by atoms with van der Waals surface area (Å²) < 4.78 is 5.89. The van der Waals surface area contributed by atoms with Crippen molar-refractivity contribution in [1.29, 1.82) is 0 Å². The number of carbonyl (C=O) groups excluding carboxylic acids is 1. The van der Waals surface area contributed by atoms with Crippen molar-refractivity contribution in [3.05, 3.63) is 22.7 Å². The van der Waals surface area contributed by atoms with Crippen LogP contribution in [-0.4, -0.2) is 42.2 Å². The van der Waals surface area contributed by atoms with Crippen molar-refractivity contribution in [2.75, 3.05) is 25.5 Å². The number of amides is 2. The Morgan fingerprint density at radius 1 is 1.52 bits per heavy atom. The smallest absolute Gasteiger partial charge is 0.321 e. The van der Waals surface area contributed by atoms with E-state index in [0.717, 1.165) is 10.9 Å². The molecule has 114 valence electrons. The number of nitrogens with zero attached hydrogens (tertiary/aromatic N) is 1. The summed E-state index contributed by atoms with van der Waals surface area (Å²) in [6.45, 7) is 1.05. The van der Waals surface area contributed by atoms with Gasteiger partial charge in [-0.05, 0) is 40.4 Å². The van der Waals surface area contributed by atoms with Crippen LogP contribution in [0.15, 0.2) is 22.7 Å². The van der Waals surface area contributed by atoms with Crippen LogP contribution >= 0.6 is 15.9 Å². The Bertz CT molecular complexity index is 550. The van der Waals surface area contributed by atoms with Gasteiger partial charge in [0.2, 0.25) is 0 Å². The molecule has 2 rings (SSSR count). The number of carboxylic acids is 1. The second-order valence-electron chi connectivity index (χ2n) is 4.97. The van der Waals surface area contributed by atoms with Crippen LogP contribution in [0.5, 0.6) is 5.75 Å². The normalized spacial score (nSPS) is 17.6. The molecule has 21 heavy (non-hydrogen) atoms. The zero-order valence-electron chi connectivity index (χ0n) is 11.6. The molecule has 0 aliphatic carbocycles. The molecule has 0 spiro atoms. The first kappa shape index (κ1) is 15.6. The summed E-state index contributed by atoms with van der Waals surface area (Å²) >= 11 is 3.37. The van der Waals surface area contributed by atoms with E-state index in [0.29, 0.717) is 24.5 Å². The van der Waals surface area contributed by atoms with Gasteiger partial charge >= 0.3 is 12.0 Å². The van der Waals surface area contributed by atoms with E-state index in [9.17, 15) is 9.59 Å². The third-order valence-electron chi connectivity index (χ3n) is 3.45. The fourth-order valence-corrected chi connectivity index (χ4v) is 2.70. The average Bonchev–Trinajstić information content (AvgIpc) is 2.89. The first-order valence-electron chi connectivity index (χ1n) is 6.61. The summed E-state index contributed by atoms with van der Waals surface area (Å²) in [6, 6.07) is 5.09. The number of hydrogen-bond acceptors (Lipinski definition) is 3. The van der Waals surface area contributed by atoms with E-state index in [1.165, 1.54) is 0 Å². The minimum absolute atomic E-state index is 0.0296. The summed E-state index contributed by atoms with van der Waals surface area (Å²) in [5.74, 6) is -0.140. The molecular formula is C14H17BrN2O4. The van der Waals surface area contributed by atoms with E-state index in [4.69, 9.17) is 9.84 Å². The molecule has 1 saturated heterocycles. The minimum atomic E-state index is -0.821. The molecule has 1 aromatic carbocycles. The number of hydrogen-bond donors (Lipinski definition) is 2. The van der Waals surface area contributed by atoms with E-state index in [-0.39, 0.29) is 18.4 Å². The molecule has 1 atom stereocenters. The SMILES string of the molecule is COc1ccc(Br)c(NC(=O)N2CCC(CC(=O)O)C2)c1. The molecular weight excluding hydrogens is 340 g/mol. The topological polar surface area (TPSA) is 78.9 Å². The molecule has 1 fully saturated rings. The van der Waals surface area contributed by atoms with Crippen LogP contribution in [0.1, 0.15) is 12.8 Å². The van der Waals surface area contributed by atoms with Crippen molar-refractivity contribution in [1.82, 2.24) is 4.90 Å². The number of methoxy groups -OCH3 is 1. The van der Waals surface area contributed by atoms with E-state index in [1.807, 2.05) is 0 Å². The number of carbonyl (C=O) groups is 2. The highest BCUT2D eigenvalue weighted by atomic mass is 79.9. The highest BCUT2D eigenvalue weighted by Crippen LogP contribution is 2.28. The number of carboxylic acid groups (broad SMARTS) is 1. The van der Waals surface area contributed by atoms with Gasteiger partial charge in [0.15, 0.2) is 0 Å². The van der Waals surface area contributed by atoms with Gasteiger partial charge in [0.25, 0.3) is 0 Å². The molecule has 1 aromatic rings. The average molecular weight is 357 g/mol. The van der Waals surface area contributed by atoms with E-state index in [1.54, 1.807) is 30.2 Å². The molecule has 2 amide bonds. The Kier molecular flexibility index (Phi) is 5.06. The maximum Gasteiger partial charge on any atom is 0.321 e. The Balaban J connectivity index is 1.97. The second-order valence-corrected chi connectivity index (χ2v) is 5.83. The lowest BCUT2D eigenvalue weighted by atomic mass is 10.1. The van der Waals surface area contributed by atoms with Gasteiger partial charge in [0, 0.05) is 30.0 Å². The lowest BCUT2D eigenvalue weighted by Crippen LogP contribution is -2.33. The largest absolute Gasteiger partial charge is 0.497 e. The number of likely N-dealkylation sites (tertiary alicyclic amines) is 1. The molecule has 2 N–H and O–H groups in total. The lowest BCUT2D eigenvalue weighted by molar-refractivity contribution is -0.138. The van der Waals surface area contributed by atoms with Crippen LogP contribution in [0.4, 0.5) is 10.5 Å². The Morgan fingerprint density at radius 2 is 2.29 bits per heavy atom. The molecule has 0 bridgehead atoms. The first-order valence-corrected chi connectivity index (χ1v) is 7.40. The van der Waals surface area contributed by atoms with Crippen LogP contribution < -0.4 is 10.1 Å². The highest BCUT2D eigenvalue weighted by molar-refractivity contribution is 9.10. The number of ether oxygens (including phenoxy) is 1. The number of urea groups is 1. The number of rotatable bonds is 4. The quantitative estimate of drug-likeness (QED) is 0.869. The monoisotopic (exact) mass is 356 g/mol. The van der Waals surface area contributed by atoms with Crippen molar-refractivity contribution in [3.63, 3.8) is 0 Å². The predicted molar refractivity (Wildman–Crippen MR) is 81.6 cm³/mol. The van der Waals surface area contributed by atoms with E-state index >= 15 is 0 Å². The first-order chi connectivity index (χ1) is 9.99. The molecule has 0 radical (unpaired) electrons. The zero-order chi connectivity index (χ0) is 15.4. The summed E-state index contributed by atoms with van der Waals surface area (Å²) in [4.78, 5) is 24.5. The fourth-order valence-electron chi connectivity index (χ4n) is 2.35. The molecule has 1 unspecified atom stereocenters. The molecule has 0 saturated carbocycles. The predicted octanol–water partition coefficient (Wildman–Crippen LogP) is 2.79. The number of benzene rings is 1. The van der Waals surface area contributed by atoms with Crippen molar-refractivity contribution in [2.24, 2.45) is 5.92 Å². The van der Waals surface area contributed by atoms with Crippen molar-refractivity contribution in [2.45, 2.75) is 12.8 Å². The highest BCUT2D eigenvalue weighted by Gasteiger charge is 2.28. The van der Waals surface area contributed by atoms with Crippen molar-refractivity contribution >= 4 is 33.6 Å². The van der Waals surface area contributed by atoms with Gasteiger partial charge in [-0.15, -0.1) is 0 Å². The number of halogens is 1. The molecule has 1 aliphatic rings. The summed E-state index contributed by atoms with van der Waals surface area (Å²) in [7, 11) is 1.56. The Hall–Kier alpha value is -1.76. The maximum atomic E-state index is 12.2. The molecule has 0 aromatic heterocycles. The molecule has 7 heteroatoms. The van der Waals surface area contributed by atoms with Gasteiger partial charge in [-0.1, -0.05) is 0 Å². The van der Waals surface area contributed by atoms with Gasteiger partial charge in [-0.25, -0.2) is 4.79 Å². The van der Waals surface area contributed by atoms with E-state index in [2.05, 4.69) is 21.2 Å². The maximum absolute atomic E-state index is 12.2. The summed E-state index contributed by atoms with van der Waals surface area (Å²) in [5, 5.41) is 11.6. The Morgan fingerprint density at radius 3 is 2.95 bits per heavy atom. The third kappa shape index (κ3) is 4.10. The second kappa shape index (κ2) is 6.80. The van der Waals surface area contributed by atoms with Gasteiger partial charge in [-0.3, -0.25) is 4.79 Å². The van der Waals surface area contributed by atoms with Crippen LogP contribution in [0.25, 0.3) is 0 Å². The fraction of sp³-hybridized carbons (Fsp3) is 0.429. The molecule has 6 nitrogen and oxygen atoms in total. The van der Waals surface area contributed by atoms with Gasteiger partial charge < -0.3 is 20.1 Å². The van der Waals surface area contributed by atoms with Crippen LogP contribution in [0.3, 0.4) is 0 Å². The van der Waals surface area contributed by atoms with Gasteiger partial charge in [-0.2, -0.15) is 0 Å². The van der Waals surface area contributed by atoms with Crippen LogP contribution in [-0.2, 0) is 4.79 Å². The van der Waals surface area contributed by atoms with E-state index < -0.39 is 5.97 Å².